The number of carbonyl (C=O) groups excluding carboxylic acids is 1. The van der Waals surface area contributed by atoms with Gasteiger partial charge >= 0.3 is 0 Å². The number of nitrogens with zero attached hydrogens (tertiary/aromatic N) is 1. The van der Waals surface area contributed by atoms with Gasteiger partial charge in [0.1, 0.15) is 5.75 Å². The van der Waals surface area contributed by atoms with Crippen molar-refractivity contribution in [3.8, 4) is 5.75 Å². The van der Waals surface area contributed by atoms with Crippen LogP contribution in [0.5, 0.6) is 5.75 Å². The van der Waals surface area contributed by atoms with Crippen LogP contribution in [0.25, 0.3) is 0 Å². The minimum atomic E-state index is 0. The van der Waals surface area contributed by atoms with Crippen molar-refractivity contribution < 1.29 is 9.53 Å². The third kappa shape index (κ3) is 4.89. The molecule has 0 aromatic heterocycles. The molecule has 1 aliphatic rings. The molecule has 2 rings (SSSR count). The van der Waals surface area contributed by atoms with E-state index in [-0.39, 0.29) is 31.0 Å². The second-order valence-electron chi connectivity index (χ2n) is 5.83. The predicted molar refractivity (Wildman–Crippen MR) is 91.5 cm³/mol. The molecule has 1 unspecified atom stereocenters. The first-order valence-corrected chi connectivity index (χ1v) is 7.86. The molecule has 1 aliphatic heterocycles. The summed E-state index contributed by atoms with van der Waals surface area (Å²) < 4.78 is 5.70. The van der Waals surface area contributed by atoms with E-state index in [0.29, 0.717) is 5.92 Å². The van der Waals surface area contributed by atoms with E-state index in [2.05, 4.69) is 6.92 Å². The minimum absolute atomic E-state index is 0. The Morgan fingerprint density at radius 3 is 2.59 bits per heavy atom. The highest BCUT2D eigenvalue weighted by molar-refractivity contribution is 5.85. The predicted octanol–water partition coefficient (Wildman–Crippen LogP) is 2.64. The SMILES string of the molecule is CCc1ccccc1OCC(=O)N1CCC(C(C)N)CC1.Cl. The number of halogens is 1. The van der Waals surface area contributed by atoms with Gasteiger partial charge in [0.2, 0.25) is 0 Å². The Morgan fingerprint density at radius 1 is 1.36 bits per heavy atom. The Balaban J connectivity index is 0.00000242. The number of carbonyl (C=O) groups is 1. The maximum Gasteiger partial charge on any atom is 0.260 e. The highest BCUT2D eigenvalue weighted by Crippen LogP contribution is 2.21. The number of ether oxygens (including phenoxy) is 1. The summed E-state index contributed by atoms with van der Waals surface area (Å²) in [6, 6.07) is 8.11. The van der Waals surface area contributed by atoms with E-state index < -0.39 is 0 Å². The quantitative estimate of drug-likeness (QED) is 0.905. The molecule has 1 fully saturated rings. The van der Waals surface area contributed by atoms with Crippen LogP contribution in [-0.4, -0.2) is 36.5 Å². The average Bonchev–Trinajstić information content (AvgIpc) is 2.52. The molecule has 1 aromatic rings. The van der Waals surface area contributed by atoms with Crippen LogP contribution in [0.1, 0.15) is 32.3 Å². The lowest BCUT2D eigenvalue weighted by molar-refractivity contribution is -0.134. The lowest BCUT2D eigenvalue weighted by Gasteiger charge is -2.33. The molecule has 22 heavy (non-hydrogen) atoms. The third-order valence-corrected chi connectivity index (χ3v) is 4.34. The van der Waals surface area contributed by atoms with Gasteiger partial charge in [-0.1, -0.05) is 25.1 Å². The molecule has 2 N–H and O–H groups in total. The largest absolute Gasteiger partial charge is 0.483 e. The molecule has 0 saturated carbocycles. The van der Waals surface area contributed by atoms with Crippen molar-refractivity contribution in [2.75, 3.05) is 19.7 Å². The van der Waals surface area contributed by atoms with Gasteiger partial charge < -0.3 is 15.4 Å². The van der Waals surface area contributed by atoms with Crippen LogP contribution in [-0.2, 0) is 11.2 Å². The van der Waals surface area contributed by atoms with Crippen LogP contribution in [0, 0.1) is 5.92 Å². The van der Waals surface area contributed by atoms with Gasteiger partial charge in [0, 0.05) is 19.1 Å². The monoisotopic (exact) mass is 326 g/mol. The topological polar surface area (TPSA) is 55.6 Å². The number of amides is 1. The smallest absolute Gasteiger partial charge is 0.260 e. The number of hydrogen-bond donors (Lipinski definition) is 1. The van der Waals surface area contributed by atoms with E-state index in [1.165, 1.54) is 0 Å². The van der Waals surface area contributed by atoms with Crippen molar-refractivity contribution in [3.63, 3.8) is 0 Å². The first-order valence-electron chi connectivity index (χ1n) is 7.86. The molecule has 0 spiro atoms. The molecule has 1 amide bonds. The van der Waals surface area contributed by atoms with Gasteiger partial charge in [-0.15, -0.1) is 12.4 Å². The van der Waals surface area contributed by atoms with Crippen LogP contribution in [0.2, 0.25) is 0 Å². The van der Waals surface area contributed by atoms with Crippen molar-refractivity contribution in [2.24, 2.45) is 11.7 Å². The number of benzene rings is 1. The molecule has 4 nitrogen and oxygen atoms in total. The second-order valence-corrected chi connectivity index (χ2v) is 5.83. The summed E-state index contributed by atoms with van der Waals surface area (Å²) in [5.74, 6) is 1.43. The molecular formula is C17H27ClN2O2. The Kier molecular flexibility index (Phi) is 7.69. The van der Waals surface area contributed by atoms with Gasteiger partial charge in [0.15, 0.2) is 6.61 Å². The number of para-hydroxylation sites is 1. The molecule has 0 aliphatic carbocycles. The zero-order valence-electron chi connectivity index (χ0n) is 13.5. The molecular weight excluding hydrogens is 300 g/mol. The molecule has 1 saturated heterocycles. The second kappa shape index (κ2) is 9.01. The third-order valence-electron chi connectivity index (χ3n) is 4.34. The van der Waals surface area contributed by atoms with E-state index in [0.717, 1.165) is 43.7 Å². The van der Waals surface area contributed by atoms with E-state index in [9.17, 15) is 4.79 Å². The fourth-order valence-corrected chi connectivity index (χ4v) is 2.84. The minimum Gasteiger partial charge on any atom is -0.483 e. The molecule has 1 heterocycles. The van der Waals surface area contributed by atoms with E-state index >= 15 is 0 Å². The van der Waals surface area contributed by atoms with Gasteiger partial charge in [-0.2, -0.15) is 0 Å². The molecule has 5 heteroatoms. The van der Waals surface area contributed by atoms with Gasteiger partial charge in [0.05, 0.1) is 0 Å². The molecule has 0 bridgehead atoms. The summed E-state index contributed by atoms with van der Waals surface area (Å²) in [7, 11) is 0. The van der Waals surface area contributed by atoms with Gasteiger partial charge in [-0.3, -0.25) is 4.79 Å². The highest BCUT2D eigenvalue weighted by atomic mass is 35.5. The molecule has 1 aromatic carbocycles. The van der Waals surface area contributed by atoms with Gasteiger partial charge in [-0.25, -0.2) is 0 Å². The van der Waals surface area contributed by atoms with Crippen molar-refractivity contribution in [1.82, 2.24) is 4.90 Å². The van der Waals surface area contributed by atoms with Crippen molar-refractivity contribution in [3.05, 3.63) is 29.8 Å². The van der Waals surface area contributed by atoms with E-state index in [1.54, 1.807) is 0 Å². The maximum atomic E-state index is 12.2. The average molecular weight is 327 g/mol. The maximum absolute atomic E-state index is 12.2. The van der Waals surface area contributed by atoms with Gasteiger partial charge in [0.25, 0.3) is 5.91 Å². The Morgan fingerprint density at radius 2 is 2.00 bits per heavy atom. The Labute approximate surface area is 139 Å². The fourth-order valence-electron chi connectivity index (χ4n) is 2.84. The van der Waals surface area contributed by atoms with Crippen LogP contribution in [0.15, 0.2) is 24.3 Å². The summed E-state index contributed by atoms with van der Waals surface area (Å²) in [6.45, 7) is 5.85. The lowest BCUT2D eigenvalue weighted by Crippen LogP contribution is -2.44. The lowest BCUT2D eigenvalue weighted by atomic mass is 9.91. The summed E-state index contributed by atoms with van der Waals surface area (Å²) in [5, 5.41) is 0. The number of likely N-dealkylation sites (tertiary alicyclic amines) is 1. The summed E-state index contributed by atoms with van der Waals surface area (Å²) in [4.78, 5) is 14.1. The summed E-state index contributed by atoms with van der Waals surface area (Å²) in [5.41, 5.74) is 7.07. The Hall–Kier alpha value is -1.26. The van der Waals surface area contributed by atoms with Crippen molar-refractivity contribution >= 4 is 18.3 Å². The van der Waals surface area contributed by atoms with Crippen LogP contribution < -0.4 is 10.5 Å². The van der Waals surface area contributed by atoms with Crippen LogP contribution >= 0.6 is 12.4 Å². The number of nitrogens with two attached hydrogens (primary N) is 1. The van der Waals surface area contributed by atoms with E-state index in [4.69, 9.17) is 10.5 Å². The number of rotatable bonds is 5. The summed E-state index contributed by atoms with van der Waals surface area (Å²) >= 11 is 0. The van der Waals surface area contributed by atoms with Crippen molar-refractivity contribution in [1.29, 1.82) is 0 Å². The molecule has 0 radical (unpaired) electrons. The summed E-state index contributed by atoms with van der Waals surface area (Å²) in [6.07, 6.45) is 2.90. The van der Waals surface area contributed by atoms with Gasteiger partial charge in [-0.05, 0) is 43.7 Å². The first kappa shape index (κ1) is 18.8. The zero-order valence-corrected chi connectivity index (χ0v) is 14.3. The van der Waals surface area contributed by atoms with Crippen LogP contribution in [0.4, 0.5) is 0 Å². The first-order chi connectivity index (χ1) is 10.1. The highest BCUT2D eigenvalue weighted by Gasteiger charge is 2.24. The van der Waals surface area contributed by atoms with Crippen molar-refractivity contribution in [2.45, 2.75) is 39.2 Å². The molecule has 124 valence electrons. The number of piperidine rings is 1. The number of aryl methyl sites for hydroxylation is 1. The fraction of sp³-hybridized carbons (Fsp3) is 0.588. The number of hydrogen-bond acceptors (Lipinski definition) is 3. The standard InChI is InChI=1S/C17H26N2O2.ClH/c1-3-14-6-4-5-7-16(14)21-12-17(20)19-10-8-15(9-11-19)13(2)18;/h4-7,13,15H,3,8-12,18H2,1-2H3;1H. The Bertz CT molecular complexity index is 471. The van der Waals surface area contributed by atoms with E-state index in [1.807, 2.05) is 36.1 Å². The van der Waals surface area contributed by atoms with Crippen LogP contribution in [0.3, 0.4) is 0 Å². The molecule has 1 atom stereocenters. The normalized spacial score (nSPS) is 16.8. The zero-order chi connectivity index (χ0) is 15.2.